The highest BCUT2D eigenvalue weighted by atomic mass is 32.1. The third kappa shape index (κ3) is 4.24. The van der Waals surface area contributed by atoms with Crippen LogP contribution in [0, 0.1) is 5.92 Å². The standard InChI is InChI=1S/C25H24F3N3OS/c26-25(27,28)20-9-4-12-29-23(20)30-13-5-8-18(16-30)24(32)31-14-10-21-19(11-15-33-21)22(31)17-6-2-1-3-7-17/h1-4,6-7,9,11-12,15,18,22H,5,8,10,13-14,16H2. The molecule has 4 heterocycles. The first-order valence-electron chi connectivity index (χ1n) is 11.1. The molecule has 0 aliphatic carbocycles. The molecular formula is C25H24F3N3OS. The summed E-state index contributed by atoms with van der Waals surface area (Å²) in [6.07, 6.45) is -0.988. The molecule has 2 unspecified atom stereocenters. The van der Waals surface area contributed by atoms with Gasteiger partial charge in [0, 0.05) is 30.7 Å². The van der Waals surface area contributed by atoms with Crippen LogP contribution >= 0.6 is 11.3 Å². The summed E-state index contributed by atoms with van der Waals surface area (Å²) in [7, 11) is 0. The number of hydrogen-bond acceptors (Lipinski definition) is 4. The number of hydrogen-bond donors (Lipinski definition) is 0. The summed E-state index contributed by atoms with van der Waals surface area (Å²) < 4.78 is 40.7. The van der Waals surface area contributed by atoms with E-state index in [0.717, 1.165) is 23.6 Å². The molecule has 0 N–H and O–H groups in total. The first-order chi connectivity index (χ1) is 15.9. The van der Waals surface area contributed by atoms with E-state index in [0.29, 0.717) is 25.9 Å². The first-order valence-corrected chi connectivity index (χ1v) is 12.0. The van der Waals surface area contributed by atoms with Gasteiger partial charge in [-0.3, -0.25) is 4.79 Å². The van der Waals surface area contributed by atoms with Crippen LogP contribution in [0.2, 0.25) is 0 Å². The van der Waals surface area contributed by atoms with Crippen LogP contribution in [0.15, 0.2) is 60.1 Å². The van der Waals surface area contributed by atoms with Crippen molar-refractivity contribution < 1.29 is 18.0 Å². The number of alkyl halides is 3. The van der Waals surface area contributed by atoms with E-state index in [2.05, 4.69) is 16.4 Å². The molecular weight excluding hydrogens is 447 g/mol. The summed E-state index contributed by atoms with van der Waals surface area (Å²) in [5, 5.41) is 2.07. The second kappa shape index (κ2) is 8.82. The van der Waals surface area contributed by atoms with E-state index in [1.165, 1.54) is 17.1 Å². The lowest BCUT2D eigenvalue weighted by molar-refractivity contribution is -0.138. The molecule has 33 heavy (non-hydrogen) atoms. The average Bonchev–Trinajstić information content (AvgIpc) is 3.32. The number of fused-ring (bicyclic) bond motifs is 1. The van der Waals surface area contributed by atoms with Crippen molar-refractivity contribution in [2.45, 2.75) is 31.5 Å². The number of halogens is 3. The van der Waals surface area contributed by atoms with Gasteiger partial charge >= 0.3 is 6.18 Å². The summed E-state index contributed by atoms with van der Waals surface area (Å²) >= 11 is 1.71. The molecule has 172 valence electrons. The van der Waals surface area contributed by atoms with Crippen LogP contribution < -0.4 is 4.90 Å². The molecule has 0 bridgehead atoms. The maximum atomic E-state index is 13.8. The fourth-order valence-corrected chi connectivity index (χ4v) is 5.93. The van der Waals surface area contributed by atoms with Gasteiger partial charge in [-0.25, -0.2) is 4.98 Å². The van der Waals surface area contributed by atoms with Crippen LogP contribution in [-0.4, -0.2) is 35.4 Å². The zero-order valence-electron chi connectivity index (χ0n) is 18.0. The maximum Gasteiger partial charge on any atom is 0.419 e. The molecule has 2 atom stereocenters. The highest BCUT2D eigenvalue weighted by Gasteiger charge is 2.40. The molecule has 2 aromatic heterocycles. The van der Waals surface area contributed by atoms with Gasteiger partial charge in [0.25, 0.3) is 0 Å². The van der Waals surface area contributed by atoms with Crippen LogP contribution in [0.4, 0.5) is 19.0 Å². The molecule has 1 fully saturated rings. The second-order valence-corrected chi connectivity index (χ2v) is 9.55. The largest absolute Gasteiger partial charge is 0.419 e. The van der Waals surface area contributed by atoms with E-state index in [9.17, 15) is 18.0 Å². The Morgan fingerprint density at radius 3 is 2.67 bits per heavy atom. The van der Waals surface area contributed by atoms with Crippen molar-refractivity contribution in [2.75, 3.05) is 24.5 Å². The minimum atomic E-state index is -4.48. The van der Waals surface area contributed by atoms with Gasteiger partial charge in [0.05, 0.1) is 17.5 Å². The number of carbonyl (C=O) groups excluding carboxylic acids is 1. The molecule has 1 saturated heterocycles. The van der Waals surface area contributed by atoms with Crippen LogP contribution in [-0.2, 0) is 17.4 Å². The average molecular weight is 472 g/mol. The monoisotopic (exact) mass is 471 g/mol. The molecule has 0 radical (unpaired) electrons. The fourth-order valence-electron chi connectivity index (χ4n) is 5.02. The first kappa shape index (κ1) is 21.9. The molecule has 1 aromatic carbocycles. The normalized spacial score (nSPS) is 21.1. The number of rotatable bonds is 3. The highest BCUT2D eigenvalue weighted by molar-refractivity contribution is 7.10. The van der Waals surface area contributed by atoms with Gasteiger partial charge in [-0.2, -0.15) is 13.2 Å². The van der Waals surface area contributed by atoms with E-state index >= 15 is 0 Å². The smallest absolute Gasteiger partial charge is 0.355 e. The Bertz CT molecular complexity index is 1130. The molecule has 2 aliphatic rings. The van der Waals surface area contributed by atoms with Gasteiger partial charge in [0.15, 0.2) is 0 Å². The highest BCUT2D eigenvalue weighted by Crippen LogP contribution is 2.40. The Morgan fingerprint density at radius 1 is 1.06 bits per heavy atom. The number of carbonyl (C=O) groups is 1. The molecule has 2 aliphatic heterocycles. The van der Waals surface area contributed by atoms with Gasteiger partial charge < -0.3 is 9.80 Å². The third-order valence-corrected chi connectivity index (χ3v) is 7.52. The minimum Gasteiger partial charge on any atom is -0.355 e. The number of amides is 1. The number of piperidine rings is 1. The summed E-state index contributed by atoms with van der Waals surface area (Å²) in [4.78, 5) is 22.7. The topological polar surface area (TPSA) is 36.4 Å². The number of anilines is 1. The lowest BCUT2D eigenvalue weighted by atomic mass is 9.89. The lowest BCUT2D eigenvalue weighted by Crippen LogP contribution is -2.48. The second-order valence-electron chi connectivity index (χ2n) is 8.55. The molecule has 3 aromatic rings. The Morgan fingerprint density at radius 2 is 1.88 bits per heavy atom. The number of aromatic nitrogens is 1. The van der Waals surface area contributed by atoms with E-state index in [1.54, 1.807) is 16.2 Å². The SMILES string of the molecule is O=C(C1CCCN(c2ncccc2C(F)(F)F)C1)N1CCc2sccc2C1c1ccccc1. The Hall–Kier alpha value is -2.87. The van der Waals surface area contributed by atoms with Crippen molar-refractivity contribution in [3.05, 3.63) is 81.7 Å². The fraction of sp³-hybridized carbons (Fsp3) is 0.360. The molecule has 0 saturated carbocycles. The zero-order chi connectivity index (χ0) is 23.0. The van der Waals surface area contributed by atoms with Crippen molar-refractivity contribution in [1.29, 1.82) is 0 Å². The van der Waals surface area contributed by atoms with Crippen LogP contribution in [0.25, 0.3) is 0 Å². The number of pyridine rings is 1. The quantitative estimate of drug-likeness (QED) is 0.502. The predicted octanol–water partition coefficient (Wildman–Crippen LogP) is 5.55. The van der Waals surface area contributed by atoms with Gasteiger partial charge in [-0.05, 0) is 54.0 Å². The van der Waals surface area contributed by atoms with Crippen molar-refractivity contribution in [3.63, 3.8) is 0 Å². The predicted molar refractivity (Wildman–Crippen MR) is 122 cm³/mol. The zero-order valence-corrected chi connectivity index (χ0v) is 18.8. The van der Waals surface area contributed by atoms with Crippen molar-refractivity contribution in [1.82, 2.24) is 9.88 Å². The molecule has 4 nitrogen and oxygen atoms in total. The minimum absolute atomic E-state index is 0.00916. The van der Waals surface area contributed by atoms with Gasteiger partial charge in [-0.1, -0.05) is 30.3 Å². The summed E-state index contributed by atoms with van der Waals surface area (Å²) in [6.45, 7) is 1.31. The Labute approximate surface area is 194 Å². The molecule has 8 heteroatoms. The van der Waals surface area contributed by atoms with E-state index in [1.807, 2.05) is 35.2 Å². The molecule has 1 amide bonds. The summed E-state index contributed by atoms with van der Waals surface area (Å²) in [5.41, 5.74) is 1.46. The van der Waals surface area contributed by atoms with Crippen LogP contribution in [0.5, 0.6) is 0 Å². The Balaban J connectivity index is 1.43. The van der Waals surface area contributed by atoms with E-state index in [-0.39, 0.29) is 30.2 Å². The number of thiophene rings is 1. The van der Waals surface area contributed by atoms with E-state index < -0.39 is 11.7 Å². The lowest BCUT2D eigenvalue weighted by Gasteiger charge is -2.41. The van der Waals surface area contributed by atoms with Crippen molar-refractivity contribution in [2.24, 2.45) is 5.92 Å². The van der Waals surface area contributed by atoms with Crippen molar-refractivity contribution in [3.8, 4) is 0 Å². The summed E-state index contributed by atoms with van der Waals surface area (Å²) in [6, 6.07) is 14.3. The number of nitrogens with zero attached hydrogens (tertiary/aromatic N) is 3. The molecule has 0 spiro atoms. The van der Waals surface area contributed by atoms with Gasteiger partial charge in [0.2, 0.25) is 5.91 Å². The molecule has 5 rings (SSSR count). The maximum absolute atomic E-state index is 13.8. The number of benzene rings is 1. The third-order valence-electron chi connectivity index (χ3n) is 6.53. The Kier molecular flexibility index (Phi) is 5.86. The van der Waals surface area contributed by atoms with Gasteiger partial charge in [-0.15, -0.1) is 11.3 Å². The summed E-state index contributed by atoms with van der Waals surface area (Å²) in [5.74, 6) is -0.441. The van der Waals surface area contributed by atoms with E-state index in [4.69, 9.17) is 0 Å². The van der Waals surface area contributed by atoms with Crippen LogP contribution in [0.3, 0.4) is 0 Å². The van der Waals surface area contributed by atoms with Crippen LogP contribution in [0.1, 0.15) is 40.5 Å². The van der Waals surface area contributed by atoms with Gasteiger partial charge in [0.1, 0.15) is 5.82 Å². The van der Waals surface area contributed by atoms with Crippen molar-refractivity contribution >= 4 is 23.1 Å².